The molecule has 2 nitrogen and oxygen atoms in total. The van der Waals surface area contributed by atoms with Crippen molar-refractivity contribution >= 4 is 0 Å². The zero-order chi connectivity index (χ0) is 12.3. The zero-order valence-electron chi connectivity index (χ0n) is 11.0. The molecule has 1 heterocycles. The van der Waals surface area contributed by atoms with Gasteiger partial charge < -0.3 is 10.6 Å². The summed E-state index contributed by atoms with van der Waals surface area (Å²) in [6.45, 7) is 7.92. The van der Waals surface area contributed by atoms with E-state index in [1.807, 2.05) is 0 Å². The van der Waals surface area contributed by atoms with Gasteiger partial charge >= 0.3 is 0 Å². The third-order valence-electron chi connectivity index (χ3n) is 3.78. The molecule has 2 unspecified atom stereocenters. The Bertz CT molecular complexity index is 344. The molecule has 0 bridgehead atoms. The van der Waals surface area contributed by atoms with E-state index < -0.39 is 0 Å². The van der Waals surface area contributed by atoms with Crippen LogP contribution in [-0.4, -0.2) is 24.5 Å². The highest BCUT2D eigenvalue weighted by atomic mass is 15.2. The Morgan fingerprint density at radius 1 is 1.35 bits per heavy atom. The summed E-state index contributed by atoms with van der Waals surface area (Å²) in [5.74, 6) is 0.838. The van der Waals surface area contributed by atoms with Gasteiger partial charge in [0.05, 0.1) is 0 Å². The number of hydrogen-bond acceptors (Lipinski definition) is 2. The maximum absolute atomic E-state index is 6.27. The maximum Gasteiger partial charge on any atom is 0.0424 e. The van der Waals surface area contributed by atoms with E-state index in [0.29, 0.717) is 0 Å². The van der Waals surface area contributed by atoms with Crippen LogP contribution >= 0.6 is 0 Å². The third-order valence-corrected chi connectivity index (χ3v) is 3.78. The lowest BCUT2D eigenvalue weighted by molar-refractivity contribution is 0.306. The summed E-state index contributed by atoms with van der Waals surface area (Å²) in [5, 5.41) is 0. The fourth-order valence-electron chi connectivity index (χ4n) is 2.58. The second-order valence-electron chi connectivity index (χ2n) is 5.36. The van der Waals surface area contributed by atoms with E-state index in [4.69, 9.17) is 5.73 Å². The molecular weight excluding hydrogens is 208 g/mol. The summed E-state index contributed by atoms with van der Waals surface area (Å²) < 4.78 is 0. The van der Waals surface area contributed by atoms with Crippen LogP contribution in [0.1, 0.15) is 37.4 Å². The van der Waals surface area contributed by atoms with Gasteiger partial charge in [0.25, 0.3) is 0 Å². The highest BCUT2D eigenvalue weighted by Gasteiger charge is 2.20. The van der Waals surface area contributed by atoms with Gasteiger partial charge in [-0.25, -0.2) is 0 Å². The standard InChI is InChI=1S/C15H24N2/c1-3-13-4-6-14(7-5-13)15(16)11-17-9-8-12(2)10-17/h4-7,12,15H,3,8-11,16H2,1-2H3. The number of nitrogens with zero attached hydrogens (tertiary/aromatic N) is 1. The molecule has 2 atom stereocenters. The van der Waals surface area contributed by atoms with Crippen LogP contribution in [0.25, 0.3) is 0 Å². The Balaban J connectivity index is 1.92. The van der Waals surface area contributed by atoms with Crippen molar-refractivity contribution in [2.75, 3.05) is 19.6 Å². The molecule has 0 radical (unpaired) electrons. The van der Waals surface area contributed by atoms with Gasteiger partial charge in [-0.3, -0.25) is 0 Å². The molecule has 1 aromatic rings. The first kappa shape index (κ1) is 12.6. The molecule has 1 aliphatic rings. The van der Waals surface area contributed by atoms with Gasteiger partial charge in [0, 0.05) is 19.1 Å². The minimum absolute atomic E-state index is 0.159. The van der Waals surface area contributed by atoms with Gasteiger partial charge in [-0.05, 0) is 36.4 Å². The minimum Gasteiger partial charge on any atom is -0.323 e. The molecule has 1 aromatic carbocycles. The van der Waals surface area contributed by atoms with Crippen LogP contribution in [0.3, 0.4) is 0 Å². The number of likely N-dealkylation sites (tertiary alicyclic amines) is 1. The van der Waals surface area contributed by atoms with Gasteiger partial charge in [0.1, 0.15) is 0 Å². The molecule has 0 amide bonds. The fraction of sp³-hybridized carbons (Fsp3) is 0.600. The molecule has 17 heavy (non-hydrogen) atoms. The van der Waals surface area contributed by atoms with Crippen molar-refractivity contribution in [1.82, 2.24) is 4.90 Å². The molecule has 1 saturated heterocycles. The van der Waals surface area contributed by atoms with Gasteiger partial charge in [-0.2, -0.15) is 0 Å². The summed E-state index contributed by atoms with van der Waals surface area (Å²) in [4.78, 5) is 2.49. The molecule has 0 spiro atoms. The first-order valence-electron chi connectivity index (χ1n) is 6.75. The van der Waals surface area contributed by atoms with Crippen LogP contribution in [0.2, 0.25) is 0 Å². The molecule has 1 fully saturated rings. The molecule has 2 N–H and O–H groups in total. The molecule has 0 aromatic heterocycles. The van der Waals surface area contributed by atoms with E-state index in [2.05, 4.69) is 43.0 Å². The number of benzene rings is 1. The van der Waals surface area contributed by atoms with Crippen molar-refractivity contribution in [3.05, 3.63) is 35.4 Å². The number of nitrogens with two attached hydrogens (primary N) is 1. The molecule has 0 saturated carbocycles. The van der Waals surface area contributed by atoms with E-state index in [0.717, 1.165) is 18.9 Å². The van der Waals surface area contributed by atoms with Crippen molar-refractivity contribution in [2.24, 2.45) is 11.7 Å². The van der Waals surface area contributed by atoms with E-state index in [1.165, 1.54) is 30.6 Å². The van der Waals surface area contributed by atoms with Crippen molar-refractivity contribution < 1.29 is 0 Å². The average molecular weight is 232 g/mol. The van der Waals surface area contributed by atoms with E-state index in [1.54, 1.807) is 0 Å². The smallest absolute Gasteiger partial charge is 0.0424 e. The van der Waals surface area contributed by atoms with Crippen LogP contribution in [0.5, 0.6) is 0 Å². The van der Waals surface area contributed by atoms with Crippen molar-refractivity contribution in [2.45, 2.75) is 32.7 Å². The van der Waals surface area contributed by atoms with Gasteiger partial charge in [-0.15, -0.1) is 0 Å². The van der Waals surface area contributed by atoms with Crippen LogP contribution in [0.4, 0.5) is 0 Å². The summed E-state index contributed by atoms with van der Waals surface area (Å²) in [7, 11) is 0. The fourth-order valence-corrected chi connectivity index (χ4v) is 2.58. The lowest BCUT2D eigenvalue weighted by atomic mass is 10.0. The second-order valence-corrected chi connectivity index (χ2v) is 5.36. The van der Waals surface area contributed by atoms with Crippen molar-refractivity contribution in [1.29, 1.82) is 0 Å². The van der Waals surface area contributed by atoms with E-state index in [-0.39, 0.29) is 6.04 Å². The Morgan fingerprint density at radius 2 is 2.06 bits per heavy atom. The second kappa shape index (κ2) is 5.65. The Kier molecular flexibility index (Phi) is 4.19. The van der Waals surface area contributed by atoms with E-state index >= 15 is 0 Å². The van der Waals surface area contributed by atoms with E-state index in [9.17, 15) is 0 Å². The highest BCUT2D eigenvalue weighted by molar-refractivity contribution is 5.25. The van der Waals surface area contributed by atoms with Crippen LogP contribution in [0, 0.1) is 5.92 Å². The minimum atomic E-state index is 0.159. The lowest BCUT2D eigenvalue weighted by Crippen LogP contribution is -2.30. The summed E-state index contributed by atoms with van der Waals surface area (Å²) in [6.07, 6.45) is 2.42. The molecular formula is C15H24N2. The van der Waals surface area contributed by atoms with Crippen LogP contribution in [-0.2, 0) is 6.42 Å². The Morgan fingerprint density at radius 3 is 2.59 bits per heavy atom. The number of hydrogen-bond donors (Lipinski definition) is 1. The van der Waals surface area contributed by atoms with Gasteiger partial charge in [-0.1, -0.05) is 38.1 Å². The molecule has 2 rings (SSSR count). The van der Waals surface area contributed by atoms with Crippen LogP contribution in [0.15, 0.2) is 24.3 Å². The maximum atomic E-state index is 6.27. The first-order chi connectivity index (χ1) is 8.19. The molecule has 2 heteroatoms. The predicted molar refractivity (Wildman–Crippen MR) is 73.0 cm³/mol. The zero-order valence-corrected chi connectivity index (χ0v) is 11.0. The number of rotatable bonds is 4. The van der Waals surface area contributed by atoms with Gasteiger partial charge in [0.2, 0.25) is 0 Å². The SMILES string of the molecule is CCc1ccc(C(N)CN2CCC(C)C2)cc1. The van der Waals surface area contributed by atoms with Crippen LogP contribution < -0.4 is 5.73 Å². The lowest BCUT2D eigenvalue weighted by Gasteiger charge is -2.21. The highest BCUT2D eigenvalue weighted by Crippen LogP contribution is 2.19. The molecule has 94 valence electrons. The largest absolute Gasteiger partial charge is 0.323 e. The summed E-state index contributed by atoms with van der Waals surface area (Å²) in [5.41, 5.74) is 8.92. The quantitative estimate of drug-likeness (QED) is 0.864. The third kappa shape index (κ3) is 3.30. The summed E-state index contributed by atoms with van der Waals surface area (Å²) in [6, 6.07) is 8.92. The average Bonchev–Trinajstić information content (AvgIpc) is 2.75. The number of aryl methyl sites for hydroxylation is 1. The summed E-state index contributed by atoms with van der Waals surface area (Å²) >= 11 is 0. The predicted octanol–water partition coefficient (Wildman–Crippen LogP) is 2.59. The first-order valence-corrected chi connectivity index (χ1v) is 6.75. The van der Waals surface area contributed by atoms with Crippen molar-refractivity contribution in [3.8, 4) is 0 Å². The molecule has 1 aliphatic heterocycles. The normalized spacial score (nSPS) is 22.9. The van der Waals surface area contributed by atoms with Crippen molar-refractivity contribution in [3.63, 3.8) is 0 Å². The Labute approximate surface area is 105 Å². The monoisotopic (exact) mass is 232 g/mol. The topological polar surface area (TPSA) is 29.3 Å². The molecule has 0 aliphatic carbocycles. The van der Waals surface area contributed by atoms with Gasteiger partial charge in [0.15, 0.2) is 0 Å². The Hall–Kier alpha value is -0.860.